The van der Waals surface area contributed by atoms with Crippen LogP contribution >= 0.6 is 11.6 Å². The first-order chi connectivity index (χ1) is 60.1. The zero-order valence-corrected chi connectivity index (χ0v) is 70.5. The molecule has 0 saturated heterocycles. The van der Waals surface area contributed by atoms with Gasteiger partial charge in [0.25, 0.3) is 0 Å². The summed E-state index contributed by atoms with van der Waals surface area (Å²) in [4.78, 5) is 134. The SMILES string of the molecule is CCOC(=O)N(C)c1ccc(-c2ccc(C(=O)CCc3ccc(Cl)nc3)nc2)cc1F.CCOC(=O)N(C)c1ccc(-c2ccc(C(=O)CCc3ccc(F)nc3)nc2)cc1F.CCOC(=O)N(C)c1ccc(-c2ccc(C(=O)CCc3ccc(N)nc3)nc2)cc1F.CCOC(=O)N(C)c1ccc(-c2ccc(C(=O)CCc3ccc(OC)nc3)nc2)cc1F. The lowest BCUT2D eigenvalue weighted by Crippen LogP contribution is -2.27. The fraction of sp³-hybridized carbons (Fsp3) is 0.226. The van der Waals surface area contributed by atoms with Crippen molar-refractivity contribution < 1.29 is 84.0 Å². The molecule has 125 heavy (non-hydrogen) atoms. The van der Waals surface area contributed by atoms with E-state index in [1.807, 2.05) is 18.2 Å². The molecule has 4 amide bonds. The summed E-state index contributed by atoms with van der Waals surface area (Å²) >= 11 is 5.76. The van der Waals surface area contributed by atoms with E-state index in [4.69, 9.17) is 41.0 Å². The molecule has 0 saturated carbocycles. The molecule has 0 aliphatic rings. The van der Waals surface area contributed by atoms with Crippen molar-refractivity contribution in [1.82, 2.24) is 39.9 Å². The summed E-state index contributed by atoms with van der Waals surface area (Å²) in [6, 6.07) is 44.7. The molecule has 0 fully saturated rings. The number of benzene rings is 4. The van der Waals surface area contributed by atoms with Gasteiger partial charge in [-0.05, 0) is 189 Å². The van der Waals surface area contributed by atoms with Crippen LogP contribution in [0.2, 0.25) is 5.15 Å². The second-order valence-electron chi connectivity index (χ2n) is 27.4. The maximum absolute atomic E-state index is 14.6. The maximum atomic E-state index is 14.6. The third-order valence-electron chi connectivity index (χ3n) is 18.9. The normalized spacial score (nSPS) is 10.6. The molecule has 0 spiro atoms. The lowest BCUT2D eigenvalue weighted by atomic mass is 10.0. The quantitative estimate of drug-likeness (QED) is 0.0197. The lowest BCUT2D eigenvalue weighted by Gasteiger charge is -2.17. The van der Waals surface area contributed by atoms with Gasteiger partial charge in [-0.15, -0.1) is 0 Å². The summed E-state index contributed by atoms with van der Waals surface area (Å²) in [5, 5.41) is 0.407. The number of carbonyl (C=O) groups excluding carboxylic acids is 8. The van der Waals surface area contributed by atoms with Crippen LogP contribution in [0, 0.1) is 29.2 Å². The Kier molecular flexibility index (Phi) is 35.0. The summed E-state index contributed by atoms with van der Waals surface area (Å²) in [5.41, 5.74) is 15.7. The topological polar surface area (TPSA) is 325 Å². The molecule has 2 N–H and O–H groups in total. The number of hydrogen-bond donors (Lipinski definition) is 1. The fourth-order valence-corrected chi connectivity index (χ4v) is 12.1. The van der Waals surface area contributed by atoms with Crippen LogP contribution in [0.5, 0.6) is 5.88 Å². The number of ketones is 4. The Balaban J connectivity index is 0.000000189. The molecular weight excluding hydrogens is 1640 g/mol. The molecule has 32 heteroatoms. The third kappa shape index (κ3) is 27.2. The largest absolute Gasteiger partial charge is 0.481 e. The second-order valence-corrected chi connectivity index (χ2v) is 27.8. The summed E-state index contributed by atoms with van der Waals surface area (Å²) in [6.45, 7) is 7.53. The van der Waals surface area contributed by atoms with Gasteiger partial charge in [0.15, 0.2) is 23.1 Å². The number of nitrogen functional groups attached to an aromatic ring is 1. The Hall–Kier alpha value is -14.6. The highest BCUT2D eigenvalue weighted by Gasteiger charge is 2.23. The number of aryl methyl sites for hydroxylation is 4. The number of carbonyl (C=O) groups is 8. The molecule has 8 heterocycles. The first-order valence-electron chi connectivity index (χ1n) is 39.3. The van der Waals surface area contributed by atoms with Crippen molar-refractivity contribution in [1.29, 1.82) is 0 Å². The average molecular weight is 1730 g/mol. The first kappa shape index (κ1) is 94.2. The van der Waals surface area contributed by atoms with E-state index in [0.717, 1.165) is 41.9 Å². The molecule has 12 aromatic rings. The third-order valence-corrected chi connectivity index (χ3v) is 19.2. The number of anilines is 5. The van der Waals surface area contributed by atoms with Crippen LogP contribution in [0.15, 0.2) is 219 Å². The van der Waals surface area contributed by atoms with Gasteiger partial charge < -0.3 is 29.4 Å². The molecule has 8 aromatic heterocycles. The smallest absolute Gasteiger partial charge is 0.414 e. The van der Waals surface area contributed by atoms with Crippen molar-refractivity contribution in [2.45, 2.75) is 79.1 Å². The summed E-state index contributed by atoms with van der Waals surface area (Å²) in [5.74, 6) is -2.33. The van der Waals surface area contributed by atoms with Gasteiger partial charge in [-0.1, -0.05) is 84.4 Å². The zero-order valence-electron chi connectivity index (χ0n) is 69.8. The molecule has 26 nitrogen and oxygen atoms in total. The van der Waals surface area contributed by atoms with Crippen molar-refractivity contribution in [3.8, 4) is 50.4 Å². The molecule has 0 bridgehead atoms. The lowest BCUT2D eigenvalue weighted by molar-refractivity contribution is 0.0970. The minimum absolute atomic E-state index is 0.0926. The molecule has 0 radical (unpaired) electrons. The number of nitrogens with zero attached hydrogens (tertiary/aromatic N) is 12. The van der Waals surface area contributed by atoms with Crippen LogP contribution in [0.4, 0.5) is 69.7 Å². The van der Waals surface area contributed by atoms with Crippen LogP contribution < -0.4 is 30.1 Å². The number of Topliss-reactive ketones (excluding diaryl/α,β-unsaturated/α-hetero) is 4. The number of pyridine rings is 8. The minimum atomic E-state index is -0.643. The molecule has 0 unspecified atom stereocenters. The number of ether oxygens (including phenoxy) is 5. The van der Waals surface area contributed by atoms with E-state index in [-0.39, 0.29) is 84.4 Å². The molecule has 0 atom stereocenters. The van der Waals surface area contributed by atoms with E-state index in [9.17, 15) is 60.3 Å². The second kappa shape index (κ2) is 46.4. The zero-order chi connectivity index (χ0) is 90.2. The van der Waals surface area contributed by atoms with Gasteiger partial charge in [-0.25, -0.2) is 56.7 Å². The standard InChI is InChI=1S/C24H24FN3O4.C23H21ClFN3O3.C23H21F2N3O3.C23H23FN4O3/c1-4-32-24(30)28(2)21-10-8-17(13-19(21)25)18-7-9-20(26-15-18)22(29)11-5-16-6-12-23(31-3)27-14-16;1-3-31-23(30)28(2)20-9-7-16(12-18(20)25)17-6-8-19(26-14-17)21(29)10-4-15-5-11-22(24)27-13-15;2*1-3-31-23(30)28(2)20-9-7-16(12-18(20)24)17-6-8-19(26-14-17)21(29)10-4-15-5-11-22(25)27-13-15/h6-10,12-15H,4-5,11H2,1-3H3;2*5-9,11-14H,3-4,10H2,1-2H3;5-9,11-14H,3-4,10H2,1-2H3,(H2,25,27). The molecule has 0 aliphatic heterocycles. The Morgan fingerprint density at radius 1 is 0.320 bits per heavy atom. The van der Waals surface area contributed by atoms with Crippen LogP contribution in [-0.4, -0.2) is 149 Å². The van der Waals surface area contributed by atoms with Crippen molar-refractivity contribution in [3.05, 3.63) is 299 Å². The van der Waals surface area contributed by atoms with Crippen LogP contribution in [0.1, 0.15) is 118 Å². The monoisotopic (exact) mass is 1730 g/mol. The Morgan fingerprint density at radius 2 is 0.592 bits per heavy atom. The van der Waals surface area contributed by atoms with E-state index in [0.29, 0.717) is 123 Å². The van der Waals surface area contributed by atoms with Gasteiger partial charge >= 0.3 is 24.4 Å². The Labute approximate surface area is 723 Å². The predicted molar refractivity (Wildman–Crippen MR) is 464 cm³/mol. The van der Waals surface area contributed by atoms with Gasteiger partial charge in [0.1, 0.15) is 57.0 Å². The molecular formula is C93H89ClF5N13O13. The molecule has 646 valence electrons. The highest BCUT2D eigenvalue weighted by Crippen LogP contribution is 2.32. The highest BCUT2D eigenvalue weighted by atomic mass is 35.5. The van der Waals surface area contributed by atoms with Gasteiger partial charge in [0.05, 0.1) is 56.3 Å². The number of amides is 4. The van der Waals surface area contributed by atoms with E-state index in [2.05, 4.69) is 39.9 Å². The van der Waals surface area contributed by atoms with Crippen LogP contribution in [0.25, 0.3) is 44.5 Å². The summed E-state index contributed by atoms with van der Waals surface area (Å²) in [7, 11) is 7.31. The van der Waals surface area contributed by atoms with Crippen molar-refractivity contribution in [2.75, 3.05) is 87.1 Å². The van der Waals surface area contributed by atoms with Crippen molar-refractivity contribution in [3.63, 3.8) is 0 Å². The molecule has 12 rings (SSSR count). The van der Waals surface area contributed by atoms with E-state index >= 15 is 0 Å². The number of rotatable bonds is 29. The van der Waals surface area contributed by atoms with Gasteiger partial charge in [0, 0.05) is 132 Å². The summed E-state index contributed by atoms with van der Waals surface area (Å²) in [6.07, 6.45) is 13.1. The number of methoxy groups -OCH3 is 1. The summed E-state index contributed by atoms with van der Waals surface area (Å²) < 4.78 is 95.6. The number of hydrogen-bond acceptors (Lipinski definition) is 22. The van der Waals surface area contributed by atoms with E-state index in [1.54, 1.807) is 150 Å². The van der Waals surface area contributed by atoms with E-state index in [1.165, 1.54) is 114 Å². The molecule has 4 aromatic carbocycles. The van der Waals surface area contributed by atoms with Crippen molar-refractivity contribution >= 4 is 87.7 Å². The van der Waals surface area contributed by atoms with E-state index < -0.39 is 53.6 Å². The van der Waals surface area contributed by atoms with Gasteiger partial charge in [-0.3, -0.25) is 58.7 Å². The Bertz CT molecular complexity index is 5290. The first-order valence-corrected chi connectivity index (χ1v) is 39.7. The maximum Gasteiger partial charge on any atom is 0.414 e. The number of nitrogens with two attached hydrogens (primary N) is 1. The average Bonchev–Trinajstić information content (AvgIpc) is 0.827. The van der Waals surface area contributed by atoms with Gasteiger partial charge in [0.2, 0.25) is 11.8 Å². The minimum Gasteiger partial charge on any atom is -0.481 e. The predicted octanol–water partition coefficient (Wildman–Crippen LogP) is 19.1. The fourth-order valence-electron chi connectivity index (χ4n) is 11.9. The highest BCUT2D eigenvalue weighted by molar-refractivity contribution is 6.29. The van der Waals surface area contributed by atoms with Crippen LogP contribution in [-0.2, 0) is 44.6 Å². The number of aromatic nitrogens is 8. The number of halogens is 6. The molecule has 0 aliphatic carbocycles. The van der Waals surface area contributed by atoms with Crippen LogP contribution in [0.3, 0.4) is 0 Å². The van der Waals surface area contributed by atoms with Crippen molar-refractivity contribution in [2.24, 2.45) is 0 Å². The Morgan fingerprint density at radius 3 is 0.816 bits per heavy atom. The van der Waals surface area contributed by atoms with Gasteiger partial charge in [-0.2, -0.15) is 4.39 Å².